The van der Waals surface area contributed by atoms with Crippen molar-refractivity contribution in [1.29, 1.82) is 0 Å². The van der Waals surface area contributed by atoms with Gasteiger partial charge >= 0.3 is 18.0 Å². The first-order chi connectivity index (χ1) is 18.8. The minimum Gasteiger partial charge on any atom is -0.481 e. The average Bonchev–Trinajstić information content (AvgIpc) is 3.29. The van der Waals surface area contributed by atoms with Gasteiger partial charge in [-0.3, -0.25) is 9.59 Å². The Morgan fingerprint density at radius 3 is 2.49 bits per heavy atom. The number of aryl methyl sites for hydroxylation is 1. The van der Waals surface area contributed by atoms with Crippen LogP contribution in [0.1, 0.15) is 50.5 Å². The molecule has 4 rings (SSSR count). The second-order valence-electron chi connectivity index (χ2n) is 9.31. The third kappa shape index (κ3) is 8.83. The number of amides is 2. The summed E-state index contributed by atoms with van der Waals surface area (Å²) in [6, 6.07) is 9.41. The van der Waals surface area contributed by atoms with Crippen molar-refractivity contribution < 1.29 is 28.6 Å². The topological polar surface area (TPSA) is 114 Å². The van der Waals surface area contributed by atoms with E-state index >= 15 is 0 Å². The van der Waals surface area contributed by atoms with Gasteiger partial charge in [0, 0.05) is 65.4 Å². The second-order valence-corrected chi connectivity index (χ2v) is 9.31. The fraction of sp³-hybridized carbons (Fsp3) is 0.536. The number of methoxy groups -OCH3 is 1. The summed E-state index contributed by atoms with van der Waals surface area (Å²) in [4.78, 5) is 50.1. The minimum atomic E-state index is -0.514. The Hall–Kier alpha value is -3.89. The summed E-state index contributed by atoms with van der Waals surface area (Å²) in [6.07, 6.45) is 3.93. The van der Waals surface area contributed by atoms with Crippen LogP contribution in [0.4, 0.5) is 10.6 Å². The van der Waals surface area contributed by atoms with E-state index in [9.17, 15) is 14.4 Å². The Bertz CT molecular complexity index is 1100. The molecule has 4 heterocycles. The molecule has 2 amide bonds. The zero-order chi connectivity index (χ0) is 28.2. The van der Waals surface area contributed by atoms with Crippen molar-refractivity contribution in [3.63, 3.8) is 0 Å². The van der Waals surface area contributed by atoms with E-state index in [0.717, 1.165) is 25.2 Å². The molecular formula is C28H39N5O6. The van der Waals surface area contributed by atoms with Crippen LogP contribution in [0.5, 0.6) is 5.88 Å². The van der Waals surface area contributed by atoms with Crippen molar-refractivity contribution in [3.05, 3.63) is 47.8 Å². The summed E-state index contributed by atoms with van der Waals surface area (Å²) in [5.74, 6) is 0.921. The third-order valence-corrected chi connectivity index (χ3v) is 6.50. The molecule has 11 heteroatoms. The lowest BCUT2D eigenvalue weighted by Gasteiger charge is -2.28. The maximum atomic E-state index is 12.7. The van der Waals surface area contributed by atoms with Crippen molar-refractivity contribution in [2.75, 3.05) is 58.4 Å². The molecule has 2 aliphatic heterocycles. The molecule has 1 unspecified atom stereocenters. The van der Waals surface area contributed by atoms with Gasteiger partial charge in [0.1, 0.15) is 11.9 Å². The van der Waals surface area contributed by atoms with E-state index in [1.54, 1.807) is 36.1 Å². The number of hydrogen-bond acceptors (Lipinski definition) is 9. The highest BCUT2D eigenvalue weighted by atomic mass is 16.5. The van der Waals surface area contributed by atoms with E-state index in [-0.39, 0.29) is 24.4 Å². The van der Waals surface area contributed by atoms with Crippen LogP contribution >= 0.6 is 0 Å². The molecule has 0 bridgehead atoms. The molecule has 11 nitrogen and oxygen atoms in total. The van der Waals surface area contributed by atoms with Crippen molar-refractivity contribution >= 4 is 23.8 Å². The van der Waals surface area contributed by atoms with Gasteiger partial charge in [-0.1, -0.05) is 12.1 Å². The van der Waals surface area contributed by atoms with Crippen LogP contribution in [-0.4, -0.2) is 91.2 Å². The molecule has 0 N–H and O–H groups in total. The maximum absolute atomic E-state index is 12.7. The summed E-state index contributed by atoms with van der Waals surface area (Å²) in [5.41, 5.74) is 1.90. The van der Waals surface area contributed by atoms with E-state index in [4.69, 9.17) is 19.2 Å². The van der Waals surface area contributed by atoms with Gasteiger partial charge in [-0.05, 0) is 37.5 Å². The van der Waals surface area contributed by atoms with E-state index in [1.807, 2.05) is 25.2 Å². The van der Waals surface area contributed by atoms with Gasteiger partial charge in [0.2, 0.25) is 5.88 Å². The molecule has 2 aliphatic rings. The van der Waals surface area contributed by atoms with E-state index in [2.05, 4.69) is 16.0 Å². The van der Waals surface area contributed by atoms with Crippen molar-refractivity contribution in [2.45, 2.75) is 45.6 Å². The summed E-state index contributed by atoms with van der Waals surface area (Å²) in [5, 5.41) is 0. The van der Waals surface area contributed by atoms with Crippen LogP contribution in [0.25, 0.3) is 0 Å². The average molecular weight is 542 g/mol. The van der Waals surface area contributed by atoms with Crippen LogP contribution in [-0.2, 0) is 25.5 Å². The first-order valence-electron chi connectivity index (χ1n) is 13.3. The summed E-state index contributed by atoms with van der Waals surface area (Å²) < 4.78 is 15.3. The number of rotatable bonds is 10. The molecule has 0 saturated carbocycles. The van der Waals surface area contributed by atoms with Crippen LogP contribution < -0.4 is 9.64 Å². The number of nitrogens with zero attached hydrogens (tertiary/aromatic N) is 5. The predicted molar refractivity (Wildman–Crippen MR) is 146 cm³/mol. The number of aromatic nitrogens is 2. The van der Waals surface area contributed by atoms with Gasteiger partial charge in [-0.25, -0.2) is 14.8 Å². The molecule has 39 heavy (non-hydrogen) atoms. The molecule has 0 spiro atoms. The molecule has 1 atom stereocenters. The van der Waals surface area contributed by atoms with Crippen molar-refractivity contribution in [1.82, 2.24) is 19.8 Å². The normalized spacial score (nSPS) is 15.2. The lowest BCUT2D eigenvalue weighted by Crippen LogP contribution is -2.34. The molecule has 0 aliphatic carbocycles. The quantitative estimate of drug-likeness (QED) is 0.418. The third-order valence-electron chi connectivity index (χ3n) is 6.50. The van der Waals surface area contributed by atoms with E-state index < -0.39 is 6.10 Å². The Kier molecular flexibility index (Phi) is 11.3. The lowest BCUT2D eigenvalue weighted by molar-refractivity contribution is -0.147. The number of fused-ring (bicyclic) bond motifs is 1. The Balaban J connectivity index is 0.000000449. The minimum absolute atomic E-state index is 0.107. The fourth-order valence-electron chi connectivity index (χ4n) is 4.52. The number of urea groups is 1. The van der Waals surface area contributed by atoms with Gasteiger partial charge in [-0.2, -0.15) is 0 Å². The second kappa shape index (κ2) is 14.9. The number of carbonyl (C=O) groups excluding carboxylic acids is 3. The zero-order valence-corrected chi connectivity index (χ0v) is 23.3. The fourth-order valence-corrected chi connectivity index (χ4v) is 4.52. The van der Waals surface area contributed by atoms with Gasteiger partial charge < -0.3 is 28.9 Å². The summed E-state index contributed by atoms with van der Waals surface area (Å²) in [7, 11) is 3.62. The number of anilines is 1. The Labute approximate surface area is 230 Å². The van der Waals surface area contributed by atoms with Crippen LogP contribution in [0, 0.1) is 0 Å². The molecule has 2 aromatic rings. The maximum Gasteiger partial charge on any atom is 0.320 e. The number of ether oxygens (including phenoxy) is 3. The highest BCUT2D eigenvalue weighted by molar-refractivity contribution is 5.77. The highest BCUT2D eigenvalue weighted by Crippen LogP contribution is 2.28. The van der Waals surface area contributed by atoms with Gasteiger partial charge in [0.15, 0.2) is 0 Å². The predicted octanol–water partition coefficient (Wildman–Crippen LogP) is 3.24. The lowest BCUT2D eigenvalue weighted by atomic mass is 10.0. The van der Waals surface area contributed by atoms with Gasteiger partial charge in [0.25, 0.3) is 0 Å². The van der Waals surface area contributed by atoms with Crippen molar-refractivity contribution in [2.24, 2.45) is 0 Å². The molecule has 1 fully saturated rings. The molecule has 0 radical (unpaired) electrons. The zero-order valence-electron chi connectivity index (χ0n) is 23.3. The number of esters is 2. The van der Waals surface area contributed by atoms with Gasteiger partial charge in [-0.15, -0.1) is 0 Å². The molecule has 0 aromatic carbocycles. The first kappa shape index (κ1) is 29.7. The molecule has 212 valence electrons. The molecular weight excluding hydrogens is 502 g/mol. The van der Waals surface area contributed by atoms with E-state index in [0.29, 0.717) is 50.8 Å². The Morgan fingerprint density at radius 2 is 1.85 bits per heavy atom. The van der Waals surface area contributed by atoms with Crippen molar-refractivity contribution in [3.8, 4) is 5.88 Å². The van der Waals surface area contributed by atoms with E-state index in [1.165, 1.54) is 12.5 Å². The number of hydrogen-bond donors (Lipinski definition) is 0. The SMILES string of the molecule is CCOC(=O)CCN1CCN(CCC(OC(C)=O)c2ccc3c(n2)N(C)CCC3)C1=O.COc1ccccn1. The first-order valence-corrected chi connectivity index (χ1v) is 13.3. The molecule has 2 aromatic heterocycles. The monoisotopic (exact) mass is 541 g/mol. The highest BCUT2D eigenvalue weighted by Gasteiger charge is 2.30. The smallest absolute Gasteiger partial charge is 0.320 e. The van der Waals surface area contributed by atoms with Crippen LogP contribution in [0.15, 0.2) is 36.5 Å². The number of carbonyl (C=O) groups is 3. The summed E-state index contributed by atoms with van der Waals surface area (Å²) in [6.45, 7) is 6.37. The number of pyridine rings is 2. The Morgan fingerprint density at radius 1 is 1.08 bits per heavy atom. The molecule has 1 saturated heterocycles. The summed E-state index contributed by atoms with van der Waals surface area (Å²) >= 11 is 0. The van der Waals surface area contributed by atoms with Crippen LogP contribution in [0.3, 0.4) is 0 Å². The van der Waals surface area contributed by atoms with Crippen LogP contribution in [0.2, 0.25) is 0 Å². The largest absolute Gasteiger partial charge is 0.481 e. The van der Waals surface area contributed by atoms with Gasteiger partial charge in [0.05, 0.1) is 25.8 Å². The standard InChI is InChI=1S/C22H32N4O5.C6H7NO/c1-4-30-20(28)10-13-26-15-14-25(22(26)29)12-9-19(31-16(2)27)18-8-7-17-6-5-11-24(3)21(17)23-18;1-8-6-4-2-3-5-7-6/h7-8,19H,4-6,9-15H2,1-3H3;2-5H,1H3.